The van der Waals surface area contributed by atoms with Crippen LogP contribution in [0.15, 0.2) is 0 Å². The Kier molecular flexibility index (Phi) is 3.49. The molecule has 0 bridgehead atoms. The maximum Gasteiger partial charge on any atom is 0.260 e. The Bertz CT molecular complexity index is 733. The van der Waals surface area contributed by atoms with Crippen molar-refractivity contribution in [2.24, 2.45) is 0 Å². The molecule has 1 aliphatic heterocycles. The molecule has 2 aromatic heterocycles. The summed E-state index contributed by atoms with van der Waals surface area (Å²) in [7, 11) is 0. The minimum Gasteiger partial charge on any atom is -0.312 e. The number of aromatic amines is 1. The highest BCUT2D eigenvalue weighted by Crippen LogP contribution is 2.35. The number of rotatable bonds is 2. The van der Waals surface area contributed by atoms with E-state index in [1.807, 2.05) is 6.92 Å². The van der Waals surface area contributed by atoms with Crippen LogP contribution in [0.1, 0.15) is 37.7 Å². The largest absolute Gasteiger partial charge is 0.312 e. The van der Waals surface area contributed by atoms with Gasteiger partial charge in [0, 0.05) is 17.1 Å². The molecule has 0 saturated heterocycles. The molecule has 0 unspecified atom stereocenters. The van der Waals surface area contributed by atoms with Gasteiger partial charge in [0.05, 0.1) is 16.8 Å². The molecule has 0 saturated carbocycles. The second-order valence-electron chi connectivity index (χ2n) is 5.01. The van der Waals surface area contributed by atoms with Gasteiger partial charge in [-0.1, -0.05) is 0 Å². The first kappa shape index (κ1) is 13.8. The molecule has 2 aromatic rings. The number of nitrogens with zero attached hydrogens (tertiary/aromatic N) is 2. The molecule has 3 N–H and O–H groups in total. The van der Waals surface area contributed by atoms with E-state index in [2.05, 4.69) is 26.9 Å². The third-order valence-electron chi connectivity index (χ3n) is 3.62. The lowest BCUT2D eigenvalue weighted by atomic mass is 10.0. The number of thiophene rings is 1. The Balaban J connectivity index is 1.94. The smallest absolute Gasteiger partial charge is 0.260 e. The van der Waals surface area contributed by atoms with Gasteiger partial charge in [-0.25, -0.2) is 0 Å². The normalized spacial score (nSPS) is 13.6. The first-order valence-electron chi connectivity index (χ1n) is 6.70. The van der Waals surface area contributed by atoms with Crippen LogP contribution in [0.25, 0.3) is 0 Å². The van der Waals surface area contributed by atoms with E-state index in [0.29, 0.717) is 21.8 Å². The zero-order chi connectivity index (χ0) is 15.0. The number of carbonyl (C=O) groups excluding carboxylic acids is 1. The zero-order valence-corrected chi connectivity index (χ0v) is 12.6. The number of aromatic nitrogens is 2. The predicted octanol–water partition coefficient (Wildman–Crippen LogP) is 1.86. The second kappa shape index (κ2) is 5.31. The fourth-order valence-electron chi connectivity index (χ4n) is 2.59. The van der Waals surface area contributed by atoms with Gasteiger partial charge in [0.25, 0.3) is 5.91 Å². The van der Waals surface area contributed by atoms with Gasteiger partial charge in [0.2, 0.25) is 0 Å². The minimum absolute atomic E-state index is 0.221. The molecule has 1 amide bonds. The van der Waals surface area contributed by atoms with Gasteiger partial charge >= 0.3 is 0 Å². The van der Waals surface area contributed by atoms with Crippen molar-refractivity contribution in [1.82, 2.24) is 15.5 Å². The van der Waals surface area contributed by atoms with E-state index >= 15 is 0 Å². The van der Waals surface area contributed by atoms with Crippen molar-refractivity contribution in [3.63, 3.8) is 0 Å². The summed E-state index contributed by atoms with van der Waals surface area (Å²) in [6.07, 6.45) is 0.828. The summed E-state index contributed by atoms with van der Waals surface area (Å²) >= 11 is 1.48. The number of amides is 1. The van der Waals surface area contributed by atoms with Gasteiger partial charge in [-0.3, -0.25) is 9.89 Å². The van der Waals surface area contributed by atoms with Crippen LogP contribution >= 0.6 is 11.3 Å². The Morgan fingerprint density at radius 3 is 2.95 bits per heavy atom. The van der Waals surface area contributed by atoms with Gasteiger partial charge in [-0.05, 0) is 32.4 Å². The van der Waals surface area contributed by atoms with Gasteiger partial charge in [-0.2, -0.15) is 10.4 Å². The Labute approximate surface area is 126 Å². The number of aryl methyl sites for hydroxylation is 2. The number of anilines is 1. The van der Waals surface area contributed by atoms with Crippen LogP contribution in [0.5, 0.6) is 0 Å². The van der Waals surface area contributed by atoms with E-state index in [0.717, 1.165) is 35.6 Å². The predicted molar refractivity (Wildman–Crippen MR) is 80.5 cm³/mol. The maximum absolute atomic E-state index is 12.4. The van der Waals surface area contributed by atoms with E-state index in [-0.39, 0.29) is 5.91 Å². The van der Waals surface area contributed by atoms with Crippen molar-refractivity contribution in [3.8, 4) is 6.07 Å². The number of nitrogens with one attached hydrogen (secondary N) is 3. The average Bonchev–Trinajstić information content (AvgIpc) is 2.98. The van der Waals surface area contributed by atoms with Gasteiger partial charge in [0.15, 0.2) is 0 Å². The number of carbonyl (C=O) groups is 1. The van der Waals surface area contributed by atoms with E-state index in [1.54, 1.807) is 6.92 Å². The van der Waals surface area contributed by atoms with Crippen LogP contribution in [0.4, 0.5) is 5.00 Å². The molecular weight excluding hydrogens is 286 g/mol. The van der Waals surface area contributed by atoms with Gasteiger partial charge < -0.3 is 10.6 Å². The fraction of sp³-hybridized carbons (Fsp3) is 0.357. The molecule has 0 aliphatic carbocycles. The highest BCUT2D eigenvalue weighted by atomic mass is 32.1. The van der Waals surface area contributed by atoms with Crippen molar-refractivity contribution in [2.75, 3.05) is 11.9 Å². The SMILES string of the molecule is Cc1n[nH]c(C)c1C(=O)Nc1sc2c(c1C#N)CCNC2. The first-order chi connectivity index (χ1) is 10.1. The van der Waals surface area contributed by atoms with Crippen LogP contribution < -0.4 is 10.6 Å². The summed E-state index contributed by atoms with van der Waals surface area (Å²) in [6.45, 7) is 5.22. The van der Waals surface area contributed by atoms with Crippen molar-refractivity contribution < 1.29 is 4.79 Å². The van der Waals surface area contributed by atoms with Crippen LogP contribution in [0, 0.1) is 25.2 Å². The van der Waals surface area contributed by atoms with Gasteiger partial charge in [-0.15, -0.1) is 11.3 Å². The van der Waals surface area contributed by atoms with Gasteiger partial charge in [0.1, 0.15) is 11.1 Å². The molecule has 0 spiro atoms. The van der Waals surface area contributed by atoms with Crippen LogP contribution in [-0.2, 0) is 13.0 Å². The summed E-state index contributed by atoms with van der Waals surface area (Å²) in [6, 6.07) is 2.23. The van der Waals surface area contributed by atoms with Crippen LogP contribution in [-0.4, -0.2) is 22.6 Å². The molecule has 108 valence electrons. The molecule has 0 atom stereocenters. The molecule has 7 heteroatoms. The first-order valence-corrected chi connectivity index (χ1v) is 7.51. The summed E-state index contributed by atoms with van der Waals surface area (Å²) in [5.74, 6) is -0.221. The average molecular weight is 301 g/mol. The lowest BCUT2D eigenvalue weighted by Gasteiger charge is -2.11. The fourth-order valence-corrected chi connectivity index (χ4v) is 3.75. The topological polar surface area (TPSA) is 93.6 Å². The second-order valence-corrected chi connectivity index (χ2v) is 6.11. The quantitative estimate of drug-likeness (QED) is 0.789. The molecular formula is C14H15N5OS. The number of fused-ring (bicyclic) bond motifs is 1. The third kappa shape index (κ3) is 2.33. The number of H-pyrrole nitrogens is 1. The molecule has 0 aromatic carbocycles. The highest BCUT2D eigenvalue weighted by Gasteiger charge is 2.23. The van der Waals surface area contributed by atoms with Crippen LogP contribution in [0.3, 0.4) is 0 Å². The number of nitriles is 1. The van der Waals surface area contributed by atoms with Crippen molar-refractivity contribution in [3.05, 3.63) is 33.0 Å². The monoisotopic (exact) mass is 301 g/mol. The van der Waals surface area contributed by atoms with Crippen LogP contribution in [0.2, 0.25) is 0 Å². The molecule has 0 fully saturated rings. The summed E-state index contributed by atoms with van der Waals surface area (Å²) < 4.78 is 0. The molecule has 3 rings (SSSR count). The Morgan fingerprint density at radius 1 is 1.48 bits per heavy atom. The standard InChI is InChI=1S/C14H15N5OS/c1-7-12(8(2)19-18-7)13(20)17-14-10(5-15)9-3-4-16-6-11(9)21-14/h16H,3-4,6H2,1-2H3,(H,17,20)(H,18,19). The molecule has 0 radical (unpaired) electrons. The molecule has 21 heavy (non-hydrogen) atoms. The summed E-state index contributed by atoms with van der Waals surface area (Å²) in [4.78, 5) is 13.5. The maximum atomic E-state index is 12.4. The van der Waals surface area contributed by atoms with Crippen molar-refractivity contribution in [2.45, 2.75) is 26.8 Å². The lowest BCUT2D eigenvalue weighted by molar-refractivity contribution is 0.102. The third-order valence-corrected chi connectivity index (χ3v) is 4.77. The number of hydrogen-bond donors (Lipinski definition) is 3. The Hall–Kier alpha value is -2.17. The molecule has 1 aliphatic rings. The highest BCUT2D eigenvalue weighted by molar-refractivity contribution is 7.16. The Morgan fingerprint density at radius 2 is 2.29 bits per heavy atom. The molecule has 3 heterocycles. The number of hydrogen-bond acceptors (Lipinski definition) is 5. The zero-order valence-electron chi connectivity index (χ0n) is 11.8. The van der Waals surface area contributed by atoms with E-state index in [1.165, 1.54) is 11.3 Å². The van der Waals surface area contributed by atoms with E-state index in [9.17, 15) is 10.1 Å². The lowest BCUT2D eigenvalue weighted by Crippen LogP contribution is -2.22. The van der Waals surface area contributed by atoms with Crippen molar-refractivity contribution >= 4 is 22.2 Å². The van der Waals surface area contributed by atoms with E-state index in [4.69, 9.17) is 0 Å². The molecule has 6 nitrogen and oxygen atoms in total. The summed E-state index contributed by atoms with van der Waals surface area (Å²) in [5.41, 5.74) is 3.60. The minimum atomic E-state index is -0.221. The van der Waals surface area contributed by atoms with Crippen molar-refractivity contribution in [1.29, 1.82) is 5.26 Å². The summed E-state index contributed by atoms with van der Waals surface area (Å²) in [5, 5.41) is 23.0. The van der Waals surface area contributed by atoms with E-state index < -0.39 is 0 Å².